The van der Waals surface area contributed by atoms with Gasteiger partial charge >= 0.3 is 5.97 Å². The molecule has 0 amide bonds. The fourth-order valence-electron chi connectivity index (χ4n) is 1.43. The topological polar surface area (TPSA) is 37.3 Å². The van der Waals surface area contributed by atoms with Crippen LogP contribution in [0.2, 0.25) is 0 Å². The van der Waals surface area contributed by atoms with Crippen LogP contribution >= 0.6 is 11.6 Å². The highest BCUT2D eigenvalue weighted by Gasteiger charge is 1.95. The second-order valence-electron chi connectivity index (χ2n) is 3.68. The monoisotopic (exact) mass is 232 g/mol. The summed E-state index contributed by atoms with van der Waals surface area (Å²) in [5.41, 5.74) is 0. The molecule has 88 valence electrons. The van der Waals surface area contributed by atoms with Crippen LogP contribution in [-0.2, 0) is 4.79 Å². The van der Waals surface area contributed by atoms with Crippen LogP contribution < -0.4 is 0 Å². The molecule has 0 saturated carbocycles. The van der Waals surface area contributed by atoms with E-state index in [0.717, 1.165) is 25.7 Å². The Morgan fingerprint density at radius 2 is 1.60 bits per heavy atom. The number of hydrogen-bond acceptors (Lipinski definition) is 1. The van der Waals surface area contributed by atoms with Crippen molar-refractivity contribution in [3.8, 4) is 0 Å². The number of allylic oxidation sites excluding steroid dienone is 2. The van der Waals surface area contributed by atoms with Gasteiger partial charge in [0.25, 0.3) is 0 Å². The molecule has 0 spiro atoms. The van der Waals surface area contributed by atoms with E-state index >= 15 is 0 Å². The summed E-state index contributed by atoms with van der Waals surface area (Å²) < 4.78 is 0. The summed E-state index contributed by atoms with van der Waals surface area (Å²) in [6, 6.07) is 0. The molecule has 0 rings (SSSR count). The van der Waals surface area contributed by atoms with Crippen LogP contribution in [0.4, 0.5) is 0 Å². The van der Waals surface area contributed by atoms with Crippen molar-refractivity contribution in [2.45, 2.75) is 51.4 Å². The molecule has 1 N–H and O–H groups in total. The Morgan fingerprint density at radius 1 is 1.00 bits per heavy atom. The van der Waals surface area contributed by atoms with Gasteiger partial charge in [0, 0.05) is 12.3 Å². The Hall–Kier alpha value is -0.500. The first-order valence-electron chi connectivity index (χ1n) is 5.70. The number of alkyl halides is 1. The van der Waals surface area contributed by atoms with E-state index in [1.54, 1.807) is 0 Å². The molecule has 0 aliphatic heterocycles. The molecule has 0 radical (unpaired) electrons. The highest BCUT2D eigenvalue weighted by molar-refractivity contribution is 6.18. The van der Waals surface area contributed by atoms with E-state index in [2.05, 4.69) is 6.08 Å². The highest BCUT2D eigenvalue weighted by atomic mass is 35.5. The first kappa shape index (κ1) is 14.5. The molecule has 0 aromatic heterocycles. The second kappa shape index (κ2) is 11.6. The summed E-state index contributed by atoms with van der Waals surface area (Å²) in [7, 11) is 0. The molecule has 0 aromatic rings. The summed E-state index contributed by atoms with van der Waals surface area (Å²) in [6.07, 6.45) is 12.2. The Morgan fingerprint density at radius 3 is 2.20 bits per heavy atom. The normalized spacial score (nSPS) is 11.0. The van der Waals surface area contributed by atoms with Gasteiger partial charge in [-0.05, 0) is 19.3 Å². The van der Waals surface area contributed by atoms with Crippen LogP contribution in [-0.4, -0.2) is 17.0 Å². The first-order valence-corrected chi connectivity index (χ1v) is 6.23. The maximum absolute atomic E-state index is 10.2. The third-order valence-corrected chi connectivity index (χ3v) is 2.45. The lowest BCUT2D eigenvalue weighted by atomic mass is 10.1. The molecule has 0 bridgehead atoms. The summed E-state index contributed by atoms with van der Waals surface area (Å²) in [5.74, 6) is -0.0731. The van der Waals surface area contributed by atoms with Gasteiger partial charge < -0.3 is 5.11 Å². The highest BCUT2D eigenvalue weighted by Crippen LogP contribution is 2.08. The van der Waals surface area contributed by atoms with E-state index in [9.17, 15) is 4.79 Å². The van der Waals surface area contributed by atoms with Crippen molar-refractivity contribution in [2.75, 3.05) is 5.88 Å². The van der Waals surface area contributed by atoms with E-state index in [-0.39, 0.29) is 0 Å². The number of carboxylic acid groups (broad SMARTS) is 1. The van der Waals surface area contributed by atoms with Crippen molar-refractivity contribution in [2.24, 2.45) is 0 Å². The van der Waals surface area contributed by atoms with Crippen LogP contribution in [0.1, 0.15) is 51.4 Å². The minimum Gasteiger partial charge on any atom is -0.481 e. The quantitative estimate of drug-likeness (QED) is 0.351. The molecule has 0 fully saturated rings. The Labute approximate surface area is 97.3 Å². The summed E-state index contributed by atoms with van der Waals surface area (Å²) in [6.45, 7) is 0. The van der Waals surface area contributed by atoms with E-state index in [1.807, 2.05) is 6.08 Å². The minimum atomic E-state index is -0.679. The van der Waals surface area contributed by atoms with Crippen LogP contribution in [0.5, 0.6) is 0 Å². The average molecular weight is 233 g/mol. The Balaban J connectivity index is 2.99. The fourth-order valence-corrected chi connectivity index (χ4v) is 1.55. The van der Waals surface area contributed by atoms with Gasteiger partial charge in [0.2, 0.25) is 0 Å². The zero-order valence-electron chi connectivity index (χ0n) is 9.25. The molecule has 0 aliphatic rings. The molecule has 2 nitrogen and oxygen atoms in total. The summed E-state index contributed by atoms with van der Waals surface area (Å²) in [4.78, 5) is 10.2. The number of carbonyl (C=O) groups is 1. The van der Waals surface area contributed by atoms with Crippen molar-refractivity contribution >= 4 is 17.6 Å². The molecule has 0 aromatic carbocycles. The SMILES string of the molecule is O=C(O)CCCCCCCC/C=C/CCl. The standard InChI is InChI=1S/C12H21ClO2/c13-11-9-7-5-3-1-2-4-6-8-10-12(14)15/h7,9H,1-6,8,10-11H2,(H,14,15)/b9-7+. The molecule has 0 saturated heterocycles. The second-order valence-corrected chi connectivity index (χ2v) is 3.99. The number of carboxylic acids is 1. The zero-order valence-corrected chi connectivity index (χ0v) is 10.0. The minimum absolute atomic E-state index is 0.318. The van der Waals surface area contributed by atoms with Gasteiger partial charge in [-0.2, -0.15) is 0 Å². The lowest BCUT2D eigenvalue weighted by Gasteiger charge is -1.99. The zero-order chi connectivity index (χ0) is 11.4. The maximum atomic E-state index is 10.2. The van der Waals surface area contributed by atoms with Gasteiger partial charge in [-0.25, -0.2) is 0 Å². The Bertz CT molecular complexity index is 178. The van der Waals surface area contributed by atoms with E-state index < -0.39 is 5.97 Å². The third kappa shape index (κ3) is 13.5. The van der Waals surface area contributed by atoms with Gasteiger partial charge in [0.1, 0.15) is 0 Å². The largest absolute Gasteiger partial charge is 0.481 e. The number of rotatable bonds is 10. The summed E-state index contributed by atoms with van der Waals surface area (Å²) >= 11 is 5.49. The van der Waals surface area contributed by atoms with Crippen molar-refractivity contribution in [3.63, 3.8) is 0 Å². The molecular formula is C12H21ClO2. The predicted octanol–water partition coefficient (Wildman–Crippen LogP) is 3.99. The van der Waals surface area contributed by atoms with Crippen LogP contribution in [0.25, 0.3) is 0 Å². The molecule has 3 heteroatoms. The molecule has 0 unspecified atom stereocenters. The van der Waals surface area contributed by atoms with Gasteiger partial charge in [-0.3, -0.25) is 4.79 Å². The van der Waals surface area contributed by atoms with E-state index in [4.69, 9.17) is 16.7 Å². The van der Waals surface area contributed by atoms with Crippen molar-refractivity contribution in [1.29, 1.82) is 0 Å². The molecular weight excluding hydrogens is 212 g/mol. The lowest BCUT2D eigenvalue weighted by molar-refractivity contribution is -0.137. The van der Waals surface area contributed by atoms with E-state index in [0.29, 0.717) is 12.3 Å². The average Bonchev–Trinajstić information content (AvgIpc) is 2.20. The van der Waals surface area contributed by atoms with Crippen LogP contribution in [0.15, 0.2) is 12.2 Å². The predicted molar refractivity (Wildman–Crippen MR) is 64.4 cm³/mol. The van der Waals surface area contributed by atoms with Crippen molar-refractivity contribution < 1.29 is 9.90 Å². The summed E-state index contributed by atoms with van der Waals surface area (Å²) in [5, 5.41) is 8.42. The van der Waals surface area contributed by atoms with Crippen LogP contribution in [0.3, 0.4) is 0 Å². The van der Waals surface area contributed by atoms with Gasteiger partial charge in [0.15, 0.2) is 0 Å². The smallest absolute Gasteiger partial charge is 0.303 e. The number of halogens is 1. The lowest BCUT2D eigenvalue weighted by Crippen LogP contribution is -1.93. The van der Waals surface area contributed by atoms with E-state index in [1.165, 1.54) is 19.3 Å². The van der Waals surface area contributed by atoms with Crippen LogP contribution in [0, 0.1) is 0 Å². The molecule has 15 heavy (non-hydrogen) atoms. The first-order chi connectivity index (χ1) is 7.27. The van der Waals surface area contributed by atoms with Gasteiger partial charge in [-0.15, -0.1) is 11.6 Å². The Kier molecular flexibility index (Phi) is 11.2. The van der Waals surface area contributed by atoms with Crippen molar-refractivity contribution in [3.05, 3.63) is 12.2 Å². The van der Waals surface area contributed by atoms with Gasteiger partial charge in [-0.1, -0.05) is 37.8 Å². The number of hydrogen-bond donors (Lipinski definition) is 1. The molecule has 0 atom stereocenters. The number of unbranched alkanes of at least 4 members (excludes halogenated alkanes) is 6. The number of aliphatic carboxylic acids is 1. The fraction of sp³-hybridized carbons (Fsp3) is 0.750. The maximum Gasteiger partial charge on any atom is 0.303 e. The van der Waals surface area contributed by atoms with Crippen molar-refractivity contribution in [1.82, 2.24) is 0 Å². The van der Waals surface area contributed by atoms with Gasteiger partial charge in [0.05, 0.1) is 0 Å². The molecule has 0 heterocycles. The molecule has 0 aliphatic carbocycles. The third-order valence-electron chi connectivity index (χ3n) is 2.27.